The van der Waals surface area contributed by atoms with Crippen LogP contribution in [0, 0.1) is 6.92 Å². The lowest BCUT2D eigenvalue weighted by Gasteiger charge is -2.25. The molecule has 2 aromatic heterocycles. The molecule has 0 aliphatic carbocycles. The van der Waals surface area contributed by atoms with Gasteiger partial charge in [0.25, 0.3) is 0 Å². The molecule has 6 heteroatoms. The van der Waals surface area contributed by atoms with E-state index in [1.165, 1.54) is 21.7 Å². The number of ether oxygens (including phenoxy) is 1. The number of benzene rings is 2. The van der Waals surface area contributed by atoms with Crippen LogP contribution in [0.3, 0.4) is 0 Å². The summed E-state index contributed by atoms with van der Waals surface area (Å²) in [5.74, 6) is 1.38. The first-order valence-electron chi connectivity index (χ1n) is 12.1. The Morgan fingerprint density at radius 1 is 1.06 bits per heavy atom. The number of nitrogens with one attached hydrogen (secondary N) is 1. The molecule has 5 rings (SSSR count). The van der Waals surface area contributed by atoms with E-state index < -0.39 is 0 Å². The predicted octanol–water partition coefficient (Wildman–Crippen LogP) is 7.24. The Balaban J connectivity index is 1.32. The van der Waals surface area contributed by atoms with Crippen LogP contribution in [0.15, 0.2) is 66.9 Å². The molecule has 1 aliphatic rings. The third-order valence-corrected chi connectivity index (χ3v) is 7.21. The van der Waals surface area contributed by atoms with Gasteiger partial charge in [0.1, 0.15) is 11.4 Å². The second-order valence-electron chi connectivity index (χ2n) is 10.2. The van der Waals surface area contributed by atoms with E-state index in [1.54, 1.807) is 17.5 Å². The molecule has 0 radical (unpaired) electrons. The monoisotopic (exact) mass is 484 g/mol. The molecule has 35 heavy (non-hydrogen) atoms. The van der Waals surface area contributed by atoms with E-state index in [9.17, 15) is 0 Å². The van der Waals surface area contributed by atoms with Crippen LogP contribution in [0.2, 0.25) is 0 Å². The van der Waals surface area contributed by atoms with Crippen LogP contribution in [-0.2, 0) is 24.9 Å². The van der Waals surface area contributed by atoms with Gasteiger partial charge >= 0.3 is 0 Å². The molecule has 0 atom stereocenters. The second kappa shape index (κ2) is 9.80. The van der Waals surface area contributed by atoms with E-state index in [4.69, 9.17) is 9.72 Å². The van der Waals surface area contributed by atoms with Crippen molar-refractivity contribution >= 4 is 22.2 Å². The molecule has 0 saturated carbocycles. The van der Waals surface area contributed by atoms with E-state index in [0.29, 0.717) is 5.88 Å². The zero-order valence-electron chi connectivity index (χ0n) is 20.8. The lowest BCUT2D eigenvalue weighted by Crippen LogP contribution is -2.29. The van der Waals surface area contributed by atoms with Crippen LogP contribution in [0.25, 0.3) is 0 Å². The van der Waals surface area contributed by atoms with Crippen molar-refractivity contribution in [3.05, 3.63) is 94.1 Å². The first-order valence-corrected chi connectivity index (χ1v) is 12.9. The molecule has 1 aliphatic heterocycles. The number of fused-ring (bicyclic) bond motifs is 1. The summed E-state index contributed by atoms with van der Waals surface area (Å²) in [6, 6.07) is 20.9. The SMILES string of the molecule is Cc1cccc(CN2CCc3nc(Nc4cccnc4Oc4ccccc4C(C)(C)C)sc3C2)c1. The summed E-state index contributed by atoms with van der Waals surface area (Å²) in [5, 5.41) is 4.37. The molecular weight excluding hydrogens is 452 g/mol. The zero-order chi connectivity index (χ0) is 24.4. The predicted molar refractivity (Wildman–Crippen MR) is 144 cm³/mol. The Labute approximate surface area is 211 Å². The Kier molecular flexibility index (Phi) is 6.58. The number of rotatable bonds is 6. The van der Waals surface area contributed by atoms with Gasteiger partial charge < -0.3 is 10.1 Å². The molecule has 3 heterocycles. The second-order valence-corrected chi connectivity index (χ2v) is 11.3. The minimum atomic E-state index is -0.0301. The average molecular weight is 485 g/mol. The van der Waals surface area contributed by atoms with Crippen LogP contribution >= 0.6 is 11.3 Å². The van der Waals surface area contributed by atoms with Gasteiger partial charge in [-0.1, -0.05) is 68.8 Å². The first kappa shape index (κ1) is 23.5. The number of thiazole rings is 1. The number of aromatic nitrogens is 2. The van der Waals surface area contributed by atoms with Crippen molar-refractivity contribution in [1.29, 1.82) is 0 Å². The fraction of sp³-hybridized carbons (Fsp3) is 0.310. The van der Waals surface area contributed by atoms with E-state index in [2.05, 4.69) is 73.2 Å². The summed E-state index contributed by atoms with van der Waals surface area (Å²) < 4.78 is 6.33. The molecule has 180 valence electrons. The van der Waals surface area contributed by atoms with Crippen molar-refractivity contribution in [2.75, 3.05) is 11.9 Å². The Hall–Kier alpha value is -3.22. The van der Waals surface area contributed by atoms with E-state index >= 15 is 0 Å². The van der Waals surface area contributed by atoms with E-state index in [0.717, 1.165) is 48.2 Å². The van der Waals surface area contributed by atoms with Crippen molar-refractivity contribution in [3.63, 3.8) is 0 Å². The molecule has 0 unspecified atom stereocenters. The summed E-state index contributed by atoms with van der Waals surface area (Å²) in [7, 11) is 0. The third kappa shape index (κ3) is 5.55. The maximum atomic E-state index is 6.33. The van der Waals surface area contributed by atoms with Crippen molar-refractivity contribution in [2.45, 2.75) is 52.6 Å². The largest absolute Gasteiger partial charge is 0.437 e. The van der Waals surface area contributed by atoms with Gasteiger partial charge in [-0.25, -0.2) is 9.97 Å². The minimum Gasteiger partial charge on any atom is -0.437 e. The van der Waals surface area contributed by atoms with Crippen LogP contribution in [0.4, 0.5) is 10.8 Å². The van der Waals surface area contributed by atoms with Crippen LogP contribution < -0.4 is 10.1 Å². The summed E-state index contributed by atoms with van der Waals surface area (Å²) in [6.07, 6.45) is 2.73. The van der Waals surface area contributed by atoms with Gasteiger partial charge in [0.05, 0.1) is 5.69 Å². The van der Waals surface area contributed by atoms with Gasteiger partial charge in [0.2, 0.25) is 5.88 Å². The van der Waals surface area contributed by atoms with Crippen LogP contribution in [0.1, 0.15) is 48.0 Å². The molecule has 0 amide bonds. The summed E-state index contributed by atoms with van der Waals surface area (Å²) in [4.78, 5) is 13.3. The number of hydrogen-bond donors (Lipinski definition) is 1. The van der Waals surface area contributed by atoms with Crippen LogP contribution in [-0.4, -0.2) is 21.4 Å². The minimum absolute atomic E-state index is 0.0301. The molecule has 0 fully saturated rings. The van der Waals surface area contributed by atoms with Crippen molar-refractivity contribution in [2.24, 2.45) is 0 Å². The molecule has 0 spiro atoms. The normalized spacial score (nSPS) is 13.9. The lowest BCUT2D eigenvalue weighted by atomic mass is 9.86. The van der Waals surface area contributed by atoms with Gasteiger partial charge in [0, 0.05) is 42.7 Å². The Bertz CT molecular complexity index is 1320. The van der Waals surface area contributed by atoms with Crippen molar-refractivity contribution in [1.82, 2.24) is 14.9 Å². The maximum absolute atomic E-state index is 6.33. The van der Waals surface area contributed by atoms with Gasteiger partial charge in [-0.05, 0) is 36.1 Å². The fourth-order valence-corrected chi connectivity index (χ4v) is 5.53. The summed E-state index contributed by atoms with van der Waals surface area (Å²) >= 11 is 1.72. The quantitative estimate of drug-likeness (QED) is 0.313. The maximum Gasteiger partial charge on any atom is 0.243 e. The first-order chi connectivity index (χ1) is 16.8. The number of pyridine rings is 1. The highest BCUT2D eigenvalue weighted by Crippen LogP contribution is 2.37. The van der Waals surface area contributed by atoms with Crippen LogP contribution in [0.5, 0.6) is 11.6 Å². The number of para-hydroxylation sites is 1. The molecule has 0 saturated heterocycles. The fourth-order valence-electron chi connectivity index (χ4n) is 4.47. The number of nitrogens with zero attached hydrogens (tertiary/aromatic N) is 3. The lowest BCUT2D eigenvalue weighted by molar-refractivity contribution is 0.247. The third-order valence-electron chi connectivity index (χ3n) is 6.21. The molecule has 5 nitrogen and oxygen atoms in total. The van der Waals surface area contributed by atoms with Crippen molar-refractivity contribution < 1.29 is 4.74 Å². The Morgan fingerprint density at radius 3 is 2.74 bits per heavy atom. The average Bonchev–Trinajstić information content (AvgIpc) is 3.22. The van der Waals surface area contributed by atoms with Gasteiger partial charge in [-0.2, -0.15) is 0 Å². The van der Waals surface area contributed by atoms with Gasteiger partial charge in [-0.15, -0.1) is 11.3 Å². The topological polar surface area (TPSA) is 50.3 Å². The smallest absolute Gasteiger partial charge is 0.243 e. The number of anilines is 2. The van der Waals surface area contributed by atoms with E-state index in [-0.39, 0.29) is 5.41 Å². The standard InChI is InChI=1S/C29H32N4OS/c1-20-9-7-10-21(17-20)18-33-16-14-23-26(19-33)35-28(31-23)32-24-12-8-15-30-27(24)34-25-13-6-5-11-22(25)29(2,3)4/h5-13,15,17H,14,16,18-19H2,1-4H3,(H,31,32). The number of hydrogen-bond acceptors (Lipinski definition) is 6. The summed E-state index contributed by atoms with van der Waals surface area (Å²) in [6.45, 7) is 11.6. The Morgan fingerprint density at radius 2 is 1.91 bits per heavy atom. The molecule has 2 aromatic carbocycles. The molecular formula is C29H32N4OS. The highest BCUT2D eigenvalue weighted by atomic mass is 32.1. The highest BCUT2D eigenvalue weighted by molar-refractivity contribution is 7.15. The summed E-state index contributed by atoms with van der Waals surface area (Å²) in [5.41, 5.74) is 5.81. The van der Waals surface area contributed by atoms with E-state index in [1.807, 2.05) is 30.3 Å². The van der Waals surface area contributed by atoms with Gasteiger partial charge in [0.15, 0.2) is 5.13 Å². The zero-order valence-corrected chi connectivity index (χ0v) is 21.7. The highest BCUT2D eigenvalue weighted by Gasteiger charge is 2.23. The molecule has 4 aromatic rings. The van der Waals surface area contributed by atoms with Crippen molar-refractivity contribution in [3.8, 4) is 11.6 Å². The van der Waals surface area contributed by atoms with Gasteiger partial charge in [-0.3, -0.25) is 4.90 Å². The number of aryl methyl sites for hydroxylation is 1. The molecule has 1 N–H and O–H groups in total. The molecule has 0 bridgehead atoms.